The summed E-state index contributed by atoms with van der Waals surface area (Å²) in [5.41, 5.74) is -3.17. The number of hydrogen-bond donors (Lipinski definition) is 1. The first-order valence-corrected chi connectivity index (χ1v) is 5.93. The van der Waals surface area contributed by atoms with Crippen LogP contribution >= 0.6 is 11.8 Å². The lowest BCUT2D eigenvalue weighted by Crippen LogP contribution is -2.15. The monoisotopic (exact) mass is 247 g/mol. The highest BCUT2D eigenvalue weighted by Gasteiger charge is 2.29. The molecule has 5 heteroatoms. The van der Waals surface area contributed by atoms with Crippen LogP contribution in [0.1, 0.15) is 18.4 Å². The van der Waals surface area contributed by atoms with Gasteiger partial charge in [-0.05, 0) is 42.3 Å². The molecular formula is C11H12F3NS. The van der Waals surface area contributed by atoms with Gasteiger partial charge in [0.25, 0.3) is 0 Å². The largest absolute Gasteiger partial charge is 0.446 e. The predicted octanol–water partition coefficient (Wildman–Crippen LogP) is 3.55. The van der Waals surface area contributed by atoms with Gasteiger partial charge in [0, 0.05) is 17.5 Å². The Morgan fingerprint density at radius 3 is 2.31 bits per heavy atom. The summed E-state index contributed by atoms with van der Waals surface area (Å²) in [5.74, 6) is 0. The molecule has 0 bridgehead atoms. The Morgan fingerprint density at radius 1 is 1.19 bits per heavy atom. The van der Waals surface area contributed by atoms with Gasteiger partial charge in [-0.2, -0.15) is 13.2 Å². The van der Waals surface area contributed by atoms with E-state index in [0.29, 0.717) is 6.04 Å². The molecule has 0 aromatic heterocycles. The van der Waals surface area contributed by atoms with Crippen molar-refractivity contribution in [3.63, 3.8) is 0 Å². The minimum absolute atomic E-state index is 0.0742. The average molecular weight is 247 g/mol. The van der Waals surface area contributed by atoms with Gasteiger partial charge in [0.05, 0.1) is 0 Å². The Labute approximate surface area is 96.4 Å². The lowest BCUT2D eigenvalue weighted by Gasteiger charge is -2.07. The molecule has 1 aliphatic carbocycles. The Kier molecular flexibility index (Phi) is 3.44. The van der Waals surface area contributed by atoms with Gasteiger partial charge in [0.1, 0.15) is 0 Å². The van der Waals surface area contributed by atoms with Gasteiger partial charge < -0.3 is 5.32 Å². The first-order valence-electron chi connectivity index (χ1n) is 5.11. The van der Waals surface area contributed by atoms with Crippen molar-refractivity contribution >= 4 is 11.8 Å². The van der Waals surface area contributed by atoms with Crippen LogP contribution in [-0.4, -0.2) is 11.6 Å². The minimum Gasteiger partial charge on any atom is -0.310 e. The third-order valence-corrected chi connectivity index (χ3v) is 3.07. The quantitative estimate of drug-likeness (QED) is 0.817. The minimum atomic E-state index is -4.20. The zero-order valence-electron chi connectivity index (χ0n) is 8.55. The van der Waals surface area contributed by atoms with Crippen LogP contribution < -0.4 is 5.32 Å². The van der Waals surface area contributed by atoms with E-state index < -0.39 is 5.51 Å². The van der Waals surface area contributed by atoms with Crippen LogP contribution in [-0.2, 0) is 6.54 Å². The van der Waals surface area contributed by atoms with Crippen LogP contribution in [0.3, 0.4) is 0 Å². The normalized spacial score (nSPS) is 16.4. The number of rotatable bonds is 4. The Balaban J connectivity index is 1.87. The molecule has 0 saturated heterocycles. The molecule has 0 amide bonds. The van der Waals surface area contributed by atoms with E-state index in [-0.39, 0.29) is 16.7 Å². The van der Waals surface area contributed by atoms with Crippen molar-refractivity contribution < 1.29 is 13.2 Å². The number of alkyl halides is 3. The van der Waals surface area contributed by atoms with Gasteiger partial charge >= 0.3 is 5.51 Å². The van der Waals surface area contributed by atoms with E-state index in [1.54, 1.807) is 12.1 Å². The van der Waals surface area contributed by atoms with E-state index in [1.807, 2.05) is 0 Å². The lowest BCUT2D eigenvalue weighted by atomic mass is 10.2. The van der Waals surface area contributed by atoms with Gasteiger partial charge in [-0.25, -0.2) is 0 Å². The van der Waals surface area contributed by atoms with Crippen molar-refractivity contribution in [1.29, 1.82) is 0 Å². The third-order valence-electron chi connectivity index (χ3n) is 2.33. The van der Waals surface area contributed by atoms with Crippen LogP contribution in [0.2, 0.25) is 0 Å². The Bertz CT molecular complexity index is 343. The van der Waals surface area contributed by atoms with Crippen molar-refractivity contribution in [2.75, 3.05) is 0 Å². The SMILES string of the molecule is FC(F)(F)Sc1ccc(CNC2CC2)cc1. The molecule has 0 unspecified atom stereocenters. The number of benzene rings is 1. The zero-order chi connectivity index (χ0) is 11.6. The third kappa shape index (κ3) is 4.06. The van der Waals surface area contributed by atoms with Gasteiger partial charge in [-0.15, -0.1) is 0 Å². The maximum atomic E-state index is 12.1. The number of halogens is 3. The van der Waals surface area contributed by atoms with Crippen LogP contribution in [0, 0.1) is 0 Å². The molecule has 2 rings (SSSR count). The smallest absolute Gasteiger partial charge is 0.310 e. The van der Waals surface area contributed by atoms with Crippen molar-refractivity contribution in [2.45, 2.75) is 35.8 Å². The summed E-state index contributed by atoms with van der Waals surface area (Å²) < 4.78 is 36.2. The Morgan fingerprint density at radius 2 is 1.81 bits per heavy atom. The van der Waals surface area contributed by atoms with Crippen molar-refractivity contribution in [3.8, 4) is 0 Å². The lowest BCUT2D eigenvalue weighted by molar-refractivity contribution is -0.0328. The fourth-order valence-corrected chi connectivity index (χ4v) is 1.90. The highest BCUT2D eigenvalue weighted by Crippen LogP contribution is 2.36. The molecule has 0 heterocycles. The first kappa shape index (κ1) is 11.8. The van der Waals surface area contributed by atoms with Gasteiger partial charge in [-0.3, -0.25) is 0 Å². The van der Waals surface area contributed by atoms with Crippen molar-refractivity contribution in [3.05, 3.63) is 29.8 Å². The van der Waals surface area contributed by atoms with Gasteiger partial charge in [-0.1, -0.05) is 12.1 Å². The summed E-state index contributed by atoms with van der Waals surface area (Å²) in [6.07, 6.45) is 2.42. The summed E-state index contributed by atoms with van der Waals surface area (Å²) in [6, 6.07) is 7.13. The summed E-state index contributed by atoms with van der Waals surface area (Å²) in [7, 11) is 0. The van der Waals surface area contributed by atoms with E-state index in [2.05, 4.69) is 5.32 Å². The second kappa shape index (κ2) is 4.67. The van der Waals surface area contributed by atoms with Crippen molar-refractivity contribution in [1.82, 2.24) is 5.32 Å². The summed E-state index contributed by atoms with van der Waals surface area (Å²) in [4.78, 5) is 0.239. The molecule has 0 aliphatic heterocycles. The van der Waals surface area contributed by atoms with Crippen LogP contribution in [0.4, 0.5) is 13.2 Å². The zero-order valence-corrected chi connectivity index (χ0v) is 9.37. The van der Waals surface area contributed by atoms with Crippen molar-refractivity contribution in [2.24, 2.45) is 0 Å². The number of nitrogens with one attached hydrogen (secondary N) is 1. The summed E-state index contributed by atoms with van der Waals surface area (Å²) >= 11 is -0.0742. The molecule has 88 valence electrons. The number of thioether (sulfide) groups is 1. The molecule has 16 heavy (non-hydrogen) atoms. The molecule has 0 radical (unpaired) electrons. The fraction of sp³-hybridized carbons (Fsp3) is 0.455. The molecule has 1 aromatic rings. The molecule has 1 nitrogen and oxygen atoms in total. The molecular weight excluding hydrogens is 235 g/mol. The maximum absolute atomic E-state index is 12.1. The molecule has 0 atom stereocenters. The summed E-state index contributed by atoms with van der Waals surface area (Å²) in [6.45, 7) is 0.738. The summed E-state index contributed by atoms with van der Waals surface area (Å²) in [5, 5.41) is 3.31. The molecule has 1 N–H and O–H groups in total. The van der Waals surface area contributed by atoms with E-state index in [1.165, 1.54) is 25.0 Å². The highest BCUT2D eigenvalue weighted by molar-refractivity contribution is 8.00. The fourth-order valence-electron chi connectivity index (χ4n) is 1.36. The van der Waals surface area contributed by atoms with Gasteiger partial charge in [0.15, 0.2) is 0 Å². The van der Waals surface area contributed by atoms with E-state index in [9.17, 15) is 13.2 Å². The predicted molar refractivity (Wildman–Crippen MR) is 58.2 cm³/mol. The van der Waals surface area contributed by atoms with Crippen LogP contribution in [0.5, 0.6) is 0 Å². The molecule has 0 spiro atoms. The molecule has 1 fully saturated rings. The second-order valence-electron chi connectivity index (χ2n) is 3.85. The van der Waals surface area contributed by atoms with E-state index in [0.717, 1.165) is 12.1 Å². The van der Waals surface area contributed by atoms with Crippen LogP contribution in [0.15, 0.2) is 29.2 Å². The van der Waals surface area contributed by atoms with Crippen LogP contribution in [0.25, 0.3) is 0 Å². The second-order valence-corrected chi connectivity index (χ2v) is 4.99. The van der Waals surface area contributed by atoms with Gasteiger partial charge in [0.2, 0.25) is 0 Å². The van der Waals surface area contributed by atoms with E-state index in [4.69, 9.17) is 0 Å². The first-order chi connectivity index (χ1) is 7.53. The highest BCUT2D eigenvalue weighted by atomic mass is 32.2. The average Bonchev–Trinajstić information content (AvgIpc) is 2.98. The molecule has 1 aliphatic rings. The maximum Gasteiger partial charge on any atom is 0.446 e. The topological polar surface area (TPSA) is 12.0 Å². The molecule has 1 aromatic carbocycles. The molecule has 1 saturated carbocycles. The standard InChI is InChI=1S/C11H12F3NS/c12-11(13,14)16-10-5-1-8(2-6-10)7-15-9-3-4-9/h1-2,5-6,9,15H,3-4,7H2. The number of hydrogen-bond acceptors (Lipinski definition) is 2. The van der Waals surface area contributed by atoms with E-state index >= 15 is 0 Å². The Hall–Kier alpha value is -0.680.